The van der Waals surface area contributed by atoms with Crippen molar-refractivity contribution in [3.05, 3.63) is 69.1 Å². The van der Waals surface area contributed by atoms with Crippen LogP contribution >= 0.6 is 0 Å². The molecule has 0 saturated carbocycles. The van der Waals surface area contributed by atoms with Crippen LogP contribution in [0.1, 0.15) is 60.2 Å². The second-order valence-electron chi connectivity index (χ2n) is 8.15. The lowest BCUT2D eigenvalue weighted by atomic mass is 9.91. The predicted octanol–water partition coefficient (Wildman–Crippen LogP) is 3.29. The Kier molecular flexibility index (Phi) is 5.72. The van der Waals surface area contributed by atoms with Gasteiger partial charge in [0.05, 0.1) is 12.1 Å². The second kappa shape index (κ2) is 8.41. The van der Waals surface area contributed by atoms with Gasteiger partial charge >= 0.3 is 6.03 Å². The molecule has 29 heavy (non-hydrogen) atoms. The summed E-state index contributed by atoms with van der Waals surface area (Å²) in [6.07, 6.45) is 4.39. The van der Waals surface area contributed by atoms with Crippen molar-refractivity contribution in [2.75, 3.05) is 6.61 Å². The summed E-state index contributed by atoms with van der Waals surface area (Å²) < 4.78 is 7.71. The van der Waals surface area contributed by atoms with Gasteiger partial charge in [-0.05, 0) is 56.2 Å². The Bertz CT molecular complexity index is 935. The zero-order valence-electron chi connectivity index (χ0n) is 17.1. The SMILES string of the molecule is Cc1ccc([C@@H]2OCCC[C@H]2NC(=O)NC2CCCc3c2ccc(=O)n3C)cc1. The maximum Gasteiger partial charge on any atom is 0.315 e. The van der Waals surface area contributed by atoms with Crippen LogP contribution in [0.2, 0.25) is 0 Å². The number of carbonyl (C=O) groups excluding carboxylic acids is 1. The van der Waals surface area contributed by atoms with Crippen molar-refractivity contribution < 1.29 is 9.53 Å². The summed E-state index contributed by atoms with van der Waals surface area (Å²) in [4.78, 5) is 24.7. The van der Waals surface area contributed by atoms with Crippen molar-refractivity contribution in [1.82, 2.24) is 15.2 Å². The molecule has 1 unspecified atom stereocenters. The van der Waals surface area contributed by atoms with Crippen LogP contribution in [-0.4, -0.2) is 23.2 Å². The summed E-state index contributed by atoms with van der Waals surface area (Å²) in [5.41, 5.74) is 4.36. The first kappa shape index (κ1) is 19.7. The highest BCUT2D eigenvalue weighted by Crippen LogP contribution is 2.30. The molecule has 2 N–H and O–H groups in total. The van der Waals surface area contributed by atoms with Crippen LogP contribution in [0.15, 0.2) is 41.2 Å². The lowest BCUT2D eigenvalue weighted by molar-refractivity contribution is -0.00753. The minimum atomic E-state index is -0.177. The molecule has 0 bridgehead atoms. The molecule has 3 atom stereocenters. The second-order valence-corrected chi connectivity index (χ2v) is 8.15. The van der Waals surface area contributed by atoms with E-state index < -0.39 is 0 Å². The highest BCUT2D eigenvalue weighted by molar-refractivity contribution is 5.75. The Hall–Kier alpha value is -2.60. The number of amides is 2. The fraction of sp³-hybridized carbons (Fsp3) is 0.478. The fourth-order valence-corrected chi connectivity index (χ4v) is 4.49. The minimum absolute atomic E-state index is 0.00542. The number of rotatable bonds is 3. The van der Waals surface area contributed by atoms with Gasteiger partial charge in [0, 0.05) is 25.4 Å². The molecule has 1 aromatic carbocycles. The summed E-state index contributed by atoms with van der Waals surface area (Å²) in [5.74, 6) is 0. The average Bonchev–Trinajstić information content (AvgIpc) is 2.72. The van der Waals surface area contributed by atoms with E-state index in [1.54, 1.807) is 17.7 Å². The number of hydrogen-bond donors (Lipinski definition) is 2. The number of aromatic nitrogens is 1. The number of carbonyl (C=O) groups is 1. The number of aryl methyl sites for hydroxylation is 1. The topological polar surface area (TPSA) is 72.4 Å². The summed E-state index contributed by atoms with van der Waals surface area (Å²) in [7, 11) is 1.80. The van der Waals surface area contributed by atoms with E-state index in [0.29, 0.717) is 6.61 Å². The molecule has 0 spiro atoms. The Labute approximate surface area is 171 Å². The van der Waals surface area contributed by atoms with Gasteiger partial charge in [0.2, 0.25) is 5.56 Å². The van der Waals surface area contributed by atoms with Gasteiger partial charge < -0.3 is 19.9 Å². The molecular formula is C23H29N3O3. The number of pyridine rings is 1. The molecule has 1 aliphatic carbocycles. The highest BCUT2D eigenvalue weighted by atomic mass is 16.5. The van der Waals surface area contributed by atoms with Gasteiger partial charge in [-0.1, -0.05) is 29.8 Å². The third-order valence-corrected chi connectivity index (χ3v) is 6.11. The lowest BCUT2D eigenvalue weighted by Crippen LogP contribution is -2.48. The van der Waals surface area contributed by atoms with Crippen LogP contribution in [0, 0.1) is 6.92 Å². The monoisotopic (exact) mass is 395 g/mol. The molecule has 2 amide bonds. The van der Waals surface area contributed by atoms with Crippen molar-refractivity contribution >= 4 is 6.03 Å². The first-order chi connectivity index (χ1) is 14.0. The number of benzene rings is 1. The largest absolute Gasteiger partial charge is 0.371 e. The number of urea groups is 1. The molecule has 2 aromatic rings. The van der Waals surface area contributed by atoms with E-state index in [1.807, 2.05) is 6.07 Å². The van der Waals surface area contributed by atoms with Gasteiger partial charge in [0.25, 0.3) is 0 Å². The molecule has 6 heteroatoms. The number of nitrogens with zero attached hydrogens (tertiary/aromatic N) is 1. The van der Waals surface area contributed by atoms with Crippen LogP contribution < -0.4 is 16.2 Å². The molecule has 1 aromatic heterocycles. The average molecular weight is 396 g/mol. The fourth-order valence-electron chi connectivity index (χ4n) is 4.49. The van der Waals surface area contributed by atoms with Gasteiger partial charge in [-0.3, -0.25) is 4.79 Å². The summed E-state index contributed by atoms with van der Waals surface area (Å²) in [5, 5.41) is 6.27. The number of ether oxygens (including phenoxy) is 1. The van der Waals surface area contributed by atoms with Crippen molar-refractivity contribution in [2.24, 2.45) is 7.05 Å². The molecule has 4 rings (SSSR count). The quantitative estimate of drug-likeness (QED) is 0.838. The molecule has 154 valence electrons. The summed E-state index contributed by atoms with van der Waals surface area (Å²) >= 11 is 0. The van der Waals surface area contributed by atoms with Crippen molar-refractivity contribution in [1.29, 1.82) is 0 Å². The van der Waals surface area contributed by atoms with E-state index in [1.165, 1.54) is 5.56 Å². The Balaban J connectivity index is 1.46. The van der Waals surface area contributed by atoms with E-state index in [2.05, 4.69) is 41.8 Å². The van der Waals surface area contributed by atoms with Gasteiger partial charge in [-0.2, -0.15) is 0 Å². The highest BCUT2D eigenvalue weighted by Gasteiger charge is 2.30. The van der Waals surface area contributed by atoms with E-state index in [-0.39, 0.29) is 29.8 Å². The summed E-state index contributed by atoms with van der Waals surface area (Å²) in [6.45, 7) is 2.77. The summed E-state index contributed by atoms with van der Waals surface area (Å²) in [6, 6.07) is 11.4. The van der Waals surface area contributed by atoms with Crippen LogP contribution in [0.3, 0.4) is 0 Å². The normalized spacial score (nSPS) is 23.9. The van der Waals surface area contributed by atoms with Crippen LogP contribution in [0.25, 0.3) is 0 Å². The van der Waals surface area contributed by atoms with Crippen LogP contribution in [-0.2, 0) is 18.2 Å². The standard InChI is InChI=1S/C23H29N3O3/c1-15-8-10-16(11-9-15)22-19(6-4-14-29-22)25-23(28)24-18-5-3-7-20-17(18)12-13-21(27)26(20)2/h8-13,18-19,22H,3-7,14H2,1-2H3,(H2,24,25,28)/t18?,19-,22+/m1/s1. The molecule has 0 radical (unpaired) electrons. The first-order valence-corrected chi connectivity index (χ1v) is 10.5. The van der Waals surface area contributed by atoms with Gasteiger partial charge in [0.15, 0.2) is 0 Å². The molecular weight excluding hydrogens is 366 g/mol. The Morgan fingerprint density at radius 1 is 1.07 bits per heavy atom. The zero-order chi connectivity index (χ0) is 20.4. The van der Waals surface area contributed by atoms with Crippen molar-refractivity contribution in [3.63, 3.8) is 0 Å². The molecule has 2 heterocycles. The van der Waals surface area contributed by atoms with Gasteiger partial charge in [-0.15, -0.1) is 0 Å². The van der Waals surface area contributed by atoms with Crippen LogP contribution in [0.4, 0.5) is 4.79 Å². The minimum Gasteiger partial charge on any atom is -0.371 e. The maximum atomic E-state index is 12.8. The predicted molar refractivity (Wildman–Crippen MR) is 112 cm³/mol. The van der Waals surface area contributed by atoms with E-state index >= 15 is 0 Å². The third-order valence-electron chi connectivity index (χ3n) is 6.11. The van der Waals surface area contributed by atoms with Crippen molar-refractivity contribution in [3.8, 4) is 0 Å². The molecule has 1 saturated heterocycles. The molecule has 6 nitrogen and oxygen atoms in total. The smallest absolute Gasteiger partial charge is 0.315 e. The van der Waals surface area contributed by atoms with Crippen molar-refractivity contribution in [2.45, 2.75) is 57.2 Å². The van der Waals surface area contributed by atoms with Crippen LogP contribution in [0.5, 0.6) is 0 Å². The van der Waals surface area contributed by atoms with Gasteiger partial charge in [0.1, 0.15) is 6.10 Å². The number of nitrogens with one attached hydrogen (secondary N) is 2. The number of fused-ring (bicyclic) bond motifs is 1. The van der Waals surface area contributed by atoms with Gasteiger partial charge in [-0.25, -0.2) is 4.79 Å². The zero-order valence-corrected chi connectivity index (χ0v) is 17.1. The lowest BCUT2D eigenvalue weighted by Gasteiger charge is -2.34. The molecule has 1 aliphatic heterocycles. The van der Waals surface area contributed by atoms with E-state index in [4.69, 9.17) is 4.74 Å². The number of hydrogen-bond acceptors (Lipinski definition) is 3. The van der Waals surface area contributed by atoms with E-state index in [9.17, 15) is 9.59 Å². The molecule has 1 fully saturated rings. The Morgan fingerprint density at radius 3 is 2.66 bits per heavy atom. The molecule has 2 aliphatic rings. The van der Waals surface area contributed by atoms with E-state index in [0.717, 1.165) is 48.9 Å². The first-order valence-electron chi connectivity index (χ1n) is 10.5. The third kappa shape index (κ3) is 4.22. The maximum absolute atomic E-state index is 12.8. The Morgan fingerprint density at radius 2 is 1.86 bits per heavy atom.